The minimum absolute atomic E-state index is 0.0924. The molecule has 2 aromatic rings. The van der Waals surface area contributed by atoms with Crippen LogP contribution < -0.4 is 10.1 Å². The van der Waals surface area contributed by atoms with Crippen LogP contribution in [0.5, 0.6) is 5.88 Å². The summed E-state index contributed by atoms with van der Waals surface area (Å²) in [7, 11) is 0. The maximum Gasteiger partial charge on any atom is 0.257 e. The molecule has 0 aromatic carbocycles. The lowest BCUT2D eigenvalue weighted by molar-refractivity contribution is 0.180. The summed E-state index contributed by atoms with van der Waals surface area (Å²) in [5.41, 5.74) is 1.20. The zero-order valence-electron chi connectivity index (χ0n) is 15.2. The van der Waals surface area contributed by atoms with Crippen LogP contribution in [0.1, 0.15) is 37.4 Å². The van der Waals surface area contributed by atoms with E-state index in [9.17, 15) is 0 Å². The number of rotatable bonds is 7. The summed E-state index contributed by atoms with van der Waals surface area (Å²) in [6.07, 6.45) is 5.85. The Bertz CT molecular complexity index is 667. The molecule has 1 N–H and O–H groups in total. The molecule has 1 aliphatic heterocycles. The Labute approximate surface area is 153 Å². The fraction of sp³-hybridized carbons (Fsp3) is 0.611. The van der Waals surface area contributed by atoms with Gasteiger partial charge in [0.15, 0.2) is 5.82 Å². The van der Waals surface area contributed by atoms with Gasteiger partial charge in [0.25, 0.3) is 5.88 Å². The quantitative estimate of drug-likeness (QED) is 0.816. The molecule has 0 aliphatic carbocycles. The van der Waals surface area contributed by atoms with E-state index in [1.54, 1.807) is 23.7 Å². The first-order valence-electron chi connectivity index (χ1n) is 8.95. The Hall–Kier alpha value is -1.73. The summed E-state index contributed by atoms with van der Waals surface area (Å²) >= 11 is 1.73. The largest absolute Gasteiger partial charge is 0.472 e. The second-order valence-electron chi connectivity index (χ2n) is 6.83. The van der Waals surface area contributed by atoms with Crippen LogP contribution in [0, 0.1) is 12.8 Å². The van der Waals surface area contributed by atoms with Gasteiger partial charge in [0.05, 0.1) is 16.8 Å². The van der Waals surface area contributed by atoms with E-state index in [0.29, 0.717) is 11.8 Å². The summed E-state index contributed by atoms with van der Waals surface area (Å²) in [5, 5.41) is 6.75. The minimum atomic E-state index is 0.0924. The Morgan fingerprint density at radius 2 is 2.04 bits per heavy atom. The number of nitrogens with one attached hydrogen (secondary N) is 1. The molecule has 0 unspecified atom stereocenters. The first kappa shape index (κ1) is 18.1. The number of ether oxygens (including phenoxy) is 1. The van der Waals surface area contributed by atoms with Crippen molar-refractivity contribution in [2.75, 3.05) is 25.0 Å². The Morgan fingerprint density at radius 3 is 2.72 bits per heavy atom. The second-order valence-corrected chi connectivity index (χ2v) is 7.90. The predicted molar refractivity (Wildman–Crippen MR) is 101 cm³/mol. The number of anilines is 1. The number of aromatic nitrogens is 3. The molecule has 1 aliphatic rings. The van der Waals surface area contributed by atoms with E-state index in [1.807, 2.05) is 13.8 Å². The van der Waals surface area contributed by atoms with Crippen LogP contribution in [0.4, 0.5) is 5.82 Å². The smallest absolute Gasteiger partial charge is 0.257 e. The highest BCUT2D eigenvalue weighted by atomic mass is 32.1. The molecule has 136 valence electrons. The van der Waals surface area contributed by atoms with Gasteiger partial charge in [0, 0.05) is 30.9 Å². The Balaban J connectivity index is 1.45. The van der Waals surface area contributed by atoms with Crippen LogP contribution >= 0.6 is 11.3 Å². The summed E-state index contributed by atoms with van der Waals surface area (Å²) in [5.74, 6) is 1.99. The molecular formula is C18H27N5OS. The Morgan fingerprint density at radius 1 is 1.28 bits per heavy atom. The molecule has 3 heterocycles. The summed E-state index contributed by atoms with van der Waals surface area (Å²) in [6.45, 7) is 10.2. The number of thiazole rings is 1. The molecule has 0 bridgehead atoms. The monoisotopic (exact) mass is 361 g/mol. The van der Waals surface area contributed by atoms with E-state index in [1.165, 1.54) is 18.5 Å². The van der Waals surface area contributed by atoms with Gasteiger partial charge < -0.3 is 10.1 Å². The normalized spacial score (nSPS) is 16.3. The van der Waals surface area contributed by atoms with E-state index >= 15 is 0 Å². The van der Waals surface area contributed by atoms with E-state index in [2.05, 4.69) is 37.5 Å². The van der Waals surface area contributed by atoms with Gasteiger partial charge in [-0.2, -0.15) is 0 Å². The minimum Gasteiger partial charge on any atom is -0.472 e. The van der Waals surface area contributed by atoms with Crippen molar-refractivity contribution in [3.63, 3.8) is 0 Å². The van der Waals surface area contributed by atoms with Crippen molar-refractivity contribution in [3.05, 3.63) is 28.5 Å². The first-order valence-corrected chi connectivity index (χ1v) is 9.83. The van der Waals surface area contributed by atoms with Crippen molar-refractivity contribution in [1.29, 1.82) is 0 Å². The predicted octanol–water partition coefficient (Wildman–Crippen LogP) is 3.35. The number of likely N-dealkylation sites (tertiary alicyclic amines) is 1. The molecular weight excluding hydrogens is 334 g/mol. The maximum absolute atomic E-state index is 5.72. The van der Waals surface area contributed by atoms with Gasteiger partial charge in [0.2, 0.25) is 0 Å². The fourth-order valence-electron chi connectivity index (χ4n) is 3.06. The third-order valence-corrected chi connectivity index (χ3v) is 5.15. The van der Waals surface area contributed by atoms with Gasteiger partial charge in [-0.1, -0.05) is 0 Å². The molecule has 0 spiro atoms. The van der Waals surface area contributed by atoms with Crippen LogP contribution in [0.3, 0.4) is 0 Å². The molecule has 0 atom stereocenters. The van der Waals surface area contributed by atoms with Gasteiger partial charge in [-0.3, -0.25) is 4.90 Å². The third-order valence-electron chi connectivity index (χ3n) is 4.33. The lowest BCUT2D eigenvalue weighted by atomic mass is 9.97. The van der Waals surface area contributed by atoms with Gasteiger partial charge in [-0.15, -0.1) is 11.3 Å². The molecule has 7 heteroatoms. The fourth-order valence-corrected chi connectivity index (χ4v) is 3.66. The average Bonchev–Trinajstić information content (AvgIpc) is 3.00. The highest BCUT2D eigenvalue weighted by Crippen LogP contribution is 2.23. The number of piperidine rings is 1. The van der Waals surface area contributed by atoms with Crippen molar-refractivity contribution in [2.24, 2.45) is 5.92 Å². The topological polar surface area (TPSA) is 63.2 Å². The van der Waals surface area contributed by atoms with Crippen LogP contribution in [-0.4, -0.2) is 45.6 Å². The maximum atomic E-state index is 5.72. The van der Waals surface area contributed by atoms with Crippen LogP contribution in [0.2, 0.25) is 0 Å². The lowest BCUT2D eigenvalue weighted by Gasteiger charge is -2.31. The summed E-state index contributed by atoms with van der Waals surface area (Å²) in [6, 6.07) is 0. The third kappa shape index (κ3) is 5.37. The first-order chi connectivity index (χ1) is 12.1. The SMILES string of the molecule is Cc1nc(CN2CCC(CNc3nccnc3OC(C)C)CC2)cs1. The van der Waals surface area contributed by atoms with Crippen LogP contribution in [-0.2, 0) is 6.54 Å². The van der Waals surface area contributed by atoms with Crippen LogP contribution in [0.25, 0.3) is 0 Å². The van der Waals surface area contributed by atoms with Crippen molar-refractivity contribution < 1.29 is 4.74 Å². The number of nitrogens with zero attached hydrogens (tertiary/aromatic N) is 4. The van der Waals surface area contributed by atoms with Gasteiger partial charge >= 0.3 is 0 Å². The summed E-state index contributed by atoms with van der Waals surface area (Å²) in [4.78, 5) is 15.7. The number of hydrogen-bond acceptors (Lipinski definition) is 7. The molecule has 0 amide bonds. The zero-order chi connectivity index (χ0) is 17.6. The van der Waals surface area contributed by atoms with Crippen molar-refractivity contribution >= 4 is 17.2 Å². The highest BCUT2D eigenvalue weighted by molar-refractivity contribution is 7.09. The molecule has 2 aromatic heterocycles. The molecule has 0 saturated carbocycles. The second kappa shape index (κ2) is 8.58. The van der Waals surface area contributed by atoms with Crippen molar-refractivity contribution in [3.8, 4) is 5.88 Å². The van der Waals surface area contributed by atoms with E-state index in [-0.39, 0.29) is 6.10 Å². The van der Waals surface area contributed by atoms with Crippen LogP contribution in [0.15, 0.2) is 17.8 Å². The molecule has 25 heavy (non-hydrogen) atoms. The van der Waals surface area contributed by atoms with E-state index in [0.717, 1.165) is 37.0 Å². The van der Waals surface area contributed by atoms with E-state index in [4.69, 9.17) is 4.74 Å². The Kier molecular flexibility index (Phi) is 6.20. The molecule has 6 nitrogen and oxygen atoms in total. The van der Waals surface area contributed by atoms with Gasteiger partial charge in [-0.05, 0) is 52.6 Å². The molecule has 3 rings (SSSR count). The van der Waals surface area contributed by atoms with Crippen molar-refractivity contribution in [1.82, 2.24) is 19.9 Å². The zero-order valence-corrected chi connectivity index (χ0v) is 16.1. The highest BCUT2D eigenvalue weighted by Gasteiger charge is 2.20. The van der Waals surface area contributed by atoms with Crippen molar-refractivity contribution in [2.45, 2.75) is 46.3 Å². The van der Waals surface area contributed by atoms with Gasteiger partial charge in [-0.25, -0.2) is 15.0 Å². The number of hydrogen-bond donors (Lipinski definition) is 1. The summed E-state index contributed by atoms with van der Waals surface area (Å²) < 4.78 is 5.72. The van der Waals surface area contributed by atoms with E-state index < -0.39 is 0 Å². The lowest BCUT2D eigenvalue weighted by Crippen LogP contribution is -2.35. The molecule has 1 fully saturated rings. The van der Waals surface area contributed by atoms with Gasteiger partial charge in [0.1, 0.15) is 0 Å². The average molecular weight is 362 g/mol. The molecule has 1 saturated heterocycles. The molecule has 0 radical (unpaired) electrons. The standard InChI is InChI=1S/C18H27N5OS/c1-13(2)24-18-17(19-6-7-20-18)21-10-15-4-8-23(9-5-15)11-16-12-25-14(3)22-16/h6-7,12-13,15H,4-5,8-11H2,1-3H3,(H,19,21). The number of aryl methyl sites for hydroxylation is 1.